The van der Waals surface area contributed by atoms with Crippen molar-refractivity contribution in [2.45, 2.75) is 13.8 Å². The van der Waals surface area contributed by atoms with Crippen molar-refractivity contribution >= 4 is 17.7 Å². The van der Waals surface area contributed by atoms with E-state index in [9.17, 15) is 9.59 Å². The van der Waals surface area contributed by atoms with Crippen LogP contribution in [0.1, 0.15) is 22.0 Å². The predicted octanol–water partition coefficient (Wildman–Crippen LogP) is -0.0139. The number of nitrogens with zero attached hydrogens (tertiary/aromatic N) is 5. The van der Waals surface area contributed by atoms with Crippen molar-refractivity contribution in [2.75, 3.05) is 19.7 Å². The average molecular weight is 301 g/mol. The third kappa shape index (κ3) is 1.87. The topological polar surface area (TPSA) is 89.7 Å². The zero-order valence-electron chi connectivity index (χ0n) is 12.3. The first-order chi connectivity index (χ1) is 10.5. The number of amides is 1. The zero-order valence-corrected chi connectivity index (χ0v) is 12.3. The molecule has 0 bridgehead atoms. The van der Waals surface area contributed by atoms with Crippen molar-refractivity contribution in [3.63, 3.8) is 0 Å². The summed E-state index contributed by atoms with van der Waals surface area (Å²) in [6.07, 6.45) is 0. The van der Waals surface area contributed by atoms with Crippen molar-refractivity contribution in [2.24, 2.45) is 11.8 Å². The number of ether oxygens (including phenoxy) is 1. The molecule has 1 amide bonds. The van der Waals surface area contributed by atoms with Gasteiger partial charge in [-0.3, -0.25) is 9.59 Å². The minimum atomic E-state index is -0.259. The molecule has 8 heteroatoms. The monoisotopic (exact) mass is 301 g/mol. The summed E-state index contributed by atoms with van der Waals surface area (Å²) < 4.78 is 6.57. The highest BCUT2D eigenvalue weighted by Crippen LogP contribution is 2.30. The predicted molar refractivity (Wildman–Crippen MR) is 74.1 cm³/mol. The Morgan fingerprint density at radius 3 is 2.91 bits per heavy atom. The van der Waals surface area contributed by atoms with Crippen LogP contribution in [0.3, 0.4) is 0 Å². The molecule has 4 heterocycles. The van der Waals surface area contributed by atoms with Gasteiger partial charge in [0, 0.05) is 30.4 Å². The van der Waals surface area contributed by atoms with Crippen LogP contribution in [-0.4, -0.2) is 56.1 Å². The Kier molecular flexibility index (Phi) is 2.69. The second kappa shape index (κ2) is 4.49. The fourth-order valence-electron chi connectivity index (χ4n) is 3.17. The van der Waals surface area contributed by atoms with Gasteiger partial charge in [-0.25, -0.2) is 9.50 Å². The van der Waals surface area contributed by atoms with E-state index < -0.39 is 0 Å². The van der Waals surface area contributed by atoms with E-state index in [1.807, 2.05) is 19.9 Å². The zero-order chi connectivity index (χ0) is 15.4. The van der Waals surface area contributed by atoms with Gasteiger partial charge in [-0.05, 0) is 19.9 Å². The summed E-state index contributed by atoms with van der Waals surface area (Å²) >= 11 is 0. The van der Waals surface area contributed by atoms with Gasteiger partial charge >= 0.3 is 5.97 Å². The van der Waals surface area contributed by atoms with Crippen LogP contribution >= 0.6 is 0 Å². The molecule has 0 spiro atoms. The van der Waals surface area contributed by atoms with E-state index >= 15 is 0 Å². The molecule has 2 aliphatic rings. The number of likely N-dealkylation sites (tertiary alicyclic amines) is 1. The quantitative estimate of drug-likeness (QED) is 0.688. The maximum atomic E-state index is 12.6. The Hall–Kier alpha value is -2.51. The number of carbonyl (C=O) groups is 2. The van der Waals surface area contributed by atoms with Gasteiger partial charge in [0.2, 0.25) is 5.82 Å². The van der Waals surface area contributed by atoms with Crippen LogP contribution in [0.4, 0.5) is 0 Å². The SMILES string of the molecule is Cc1cc(C)n2nc(C(=O)N3C[C@@H]4COC(=O)[C@@H]4C3)nc2n1. The molecule has 2 aromatic rings. The molecule has 2 fully saturated rings. The molecule has 0 radical (unpaired) electrons. The minimum absolute atomic E-state index is 0.0931. The molecule has 8 nitrogen and oxygen atoms in total. The molecule has 0 saturated carbocycles. The number of hydrogen-bond donors (Lipinski definition) is 0. The van der Waals surface area contributed by atoms with Crippen LogP contribution in [0.5, 0.6) is 0 Å². The number of esters is 1. The number of cyclic esters (lactones) is 1. The standard InChI is InChI=1S/C14H15N5O3/c1-7-3-8(2)19-14(15-7)16-11(17-19)12(20)18-4-9-6-22-13(21)10(9)5-18/h3,9-10H,4-6H2,1-2H3/t9-,10-/m1/s1. The molecule has 0 unspecified atom stereocenters. The van der Waals surface area contributed by atoms with E-state index in [0.29, 0.717) is 25.5 Å². The summed E-state index contributed by atoms with van der Waals surface area (Å²) in [5.41, 5.74) is 1.70. The van der Waals surface area contributed by atoms with E-state index in [-0.39, 0.29) is 29.5 Å². The van der Waals surface area contributed by atoms with E-state index in [4.69, 9.17) is 4.74 Å². The van der Waals surface area contributed by atoms with E-state index in [0.717, 1.165) is 11.4 Å². The number of rotatable bonds is 1. The summed E-state index contributed by atoms with van der Waals surface area (Å²) in [5.74, 6) is -0.0472. The first kappa shape index (κ1) is 13.2. The molecule has 0 aromatic carbocycles. The Bertz CT molecular complexity index is 799. The van der Waals surface area contributed by atoms with Crippen LogP contribution in [0.2, 0.25) is 0 Å². The first-order valence-electron chi connectivity index (χ1n) is 7.20. The fourth-order valence-corrected chi connectivity index (χ4v) is 3.17. The van der Waals surface area contributed by atoms with Gasteiger partial charge in [0.1, 0.15) is 0 Å². The highest BCUT2D eigenvalue weighted by atomic mass is 16.5. The summed E-state index contributed by atoms with van der Waals surface area (Å²) in [4.78, 5) is 34.3. The van der Waals surface area contributed by atoms with Gasteiger partial charge in [-0.2, -0.15) is 4.98 Å². The fraction of sp³-hybridized carbons (Fsp3) is 0.500. The lowest BCUT2D eigenvalue weighted by Gasteiger charge is -2.14. The van der Waals surface area contributed by atoms with Gasteiger partial charge in [-0.1, -0.05) is 0 Å². The number of aryl methyl sites for hydroxylation is 2. The number of aromatic nitrogens is 4. The normalized spacial score (nSPS) is 23.9. The summed E-state index contributed by atoms with van der Waals surface area (Å²) in [6.45, 7) is 5.04. The second-order valence-corrected chi connectivity index (χ2v) is 5.89. The van der Waals surface area contributed by atoms with Gasteiger partial charge in [0.25, 0.3) is 11.7 Å². The van der Waals surface area contributed by atoms with Gasteiger partial charge in [0.05, 0.1) is 12.5 Å². The Morgan fingerprint density at radius 2 is 2.14 bits per heavy atom. The van der Waals surface area contributed by atoms with Crippen molar-refractivity contribution in [3.05, 3.63) is 23.3 Å². The third-order valence-corrected chi connectivity index (χ3v) is 4.28. The van der Waals surface area contributed by atoms with Crippen LogP contribution < -0.4 is 0 Å². The Labute approximate surface area is 126 Å². The molecule has 0 aliphatic carbocycles. The lowest BCUT2D eigenvalue weighted by molar-refractivity contribution is -0.141. The van der Waals surface area contributed by atoms with Crippen LogP contribution in [0.25, 0.3) is 5.78 Å². The first-order valence-corrected chi connectivity index (χ1v) is 7.20. The molecular weight excluding hydrogens is 286 g/mol. The lowest BCUT2D eigenvalue weighted by atomic mass is 10.0. The molecule has 4 rings (SSSR count). The molecule has 2 aliphatic heterocycles. The van der Waals surface area contributed by atoms with Gasteiger partial charge < -0.3 is 9.64 Å². The number of carbonyl (C=O) groups excluding carboxylic acids is 2. The largest absolute Gasteiger partial charge is 0.465 e. The lowest BCUT2D eigenvalue weighted by Crippen LogP contribution is -2.31. The average Bonchev–Trinajstić information content (AvgIpc) is 3.14. The number of hydrogen-bond acceptors (Lipinski definition) is 6. The minimum Gasteiger partial charge on any atom is -0.465 e. The smallest absolute Gasteiger partial charge is 0.311 e. The molecular formula is C14H15N5O3. The highest BCUT2D eigenvalue weighted by Gasteiger charge is 2.46. The van der Waals surface area contributed by atoms with Crippen LogP contribution in [0.15, 0.2) is 6.07 Å². The van der Waals surface area contributed by atoms with E-state index in [2.05, 4.69) is 15.1 Å². The van der Waals surface area contributed by atoms with Crippen molar-refractivity contribution < 1.29 is 14.3 Å². The molecule has 2 saturated heterocycles. The Balaban J connectivity index is 1.64. The van der Waals surface area contributed by atoms with Crippen LogP contribution in [-0.2, 0) is 9.53 Å². The third-order valence-electron chi connectivity index (χ3n) is 4.28. The van der Waals surface area contributed by atoms with Crippen molar-refractivity contribution in [1.82, 2.24) is 24.5 Å². The van der Waals surface area contributed by atoms with Gasteiger partial charge in [-0.15, -0.1) is 5.10 Å². The van der Waals surface area contributed by atoms with E-state index in [1.54, 1.807) is 9.42 Å². The maximum Gasteiger partial charge on any atom is 0.311 e. The maximum absolute atomic E-state index is 12.6. The Morgan fingerprint density at radius 1 is 1.32 bits per heavy atom. The summed E-state index contributed by atoms with van der Waals surface area (Å²) in [6, 6.07) is 1.88. The molecule has 2 atom stereocenters. The molecule has 22 heavy (non-hydrogen) atoms. The summed E-state index contributed by atoms with van der Waals surface area (Å²) in [7, 11) is 0. The van der Waals surface area contributed by atoms with Crippen molar-refractivity contribution in [3.8, 4) is 0 Å². The van der Waals surface area contributed by atoms with Crippen LogP contribution in [0, 0.1) is 25.7 Å². The number of fused-ring (bicyclic) bond motifs is 2. The summed E-state index contributed by atoms with van der Waals surface area (Å²) in [5, 5.41) is 4.25. The van der Waals surface area contributed by atoms with Crippen molar-refractivity contribution in [1.29, 1.82) is 0 Å². The molecule has 0 N–H and O–H groups in total. The highest BCUT2D eigenvalue weighted by molar-refractivity contribution is 5.92. The van der Waals surface area contributed by atoms with E-state index in [1.165, 1.54) is 0 Å². The molecule has 114 valence electrons. The molecule has 2 aromatic heterocycles. The second-order valence-electron chi connectivity index (χ2n) is 5.89. The van der Waals surface area contributed by atoms with Gasteiger partial charge in [0.15, 0.2) is 0 Å².